The van der Waals surface area contributed by atoms with Crippen LogP contribution in [0.2, 0.25) is 0 Å². The zero-order valence-electron chi connectivity index (χ0n) is 7.94. The van der Waals surface area contributed by atoms with Crippen molar-refractivity contribution in [3.63, 3.8) is 0 Å². The third kappa shape index (κ3) is 1.71. The van der Waals surface area contributed by atoms with Gasteiger partial charge >= 0.3 is 0 Å². The lowest BCUT2D eigenvalue weighted by Crippen LogP contribution is -1.91. The van der Waals surface area contributed by atoms with Crippen molar-refractivity contribution >= 4 is 5.69 Å². The maximum absolute atomic E-state index is 5.62. The fourth-order valence-corrected chi connectivity index (χ4v) is 1.25. The molecular formula is C11H11N3. The van der Waals surface area contributed by atoms with Gasteiger partial charge in [-0.25, -0.2) is 0 Å². The molecule has 2 rings (SSSR count). The predicted octanol–water partition coefficient (Wildman–Crippen LogP) is 2.03. The normalized spacial score (nSPS) is 10.1. The van der Waals surface area contributed by atoms with Crippen molar-refractivity contribution in [3.05, 3.63) is 42.1 Å². The lowest BCUT2D eigenvalue weighted by molar-refractivity contribution is 1.04. The zero-order chi connectivity index (χ0) is 9.97. The molecule has 1 aromatic carbocycles. The lowest BCUT2D eigenvalue weighted by atomic mass is 10.1. The van der Waals surface area contributed by atoms with E-state index in [-0.39, 0.29) is 0 Å². The number of hydrogen-bond acceptors (Lipinski definition) is 3. The van der Waals surface area contributed by atoms with Crippen LogP contribution in [0.15, 0.2) is 36.5 Å². The molecule has 1 aromatic heterocycles. The first-order valence-corrected chi connectivity index (χ1v) is 4.41. The third-order valence-corrected chi connectivity index (χ3v) is 2.02. The molecule has 0 fully saturated rings. The Morgan fingerprint density at radius 3 is 2.50 bits per heavy atom. The average Bonchev–Trinajstić information content (AvgIpc) is 2.19. The largest absolute Gasteiger partial charge is 0.397 e. The quantitative estimate of drug-likeness (QED) is 0.739. The molecule has 0 bridgehead atoms. The van der Waals surface area contributed by atoms with Crippen LogP contribution in [0, 0.1) is 6.92 Å². The summed E-state index contributed by atoms with van der Waals surface area (Å²) in [7, 11) is 0. The van der Waals surface area contributed by atoms with E-state index in [0.717, 1.165) is 11.3 Å². The Bertz CT molecular complexity index is 435. The van der Waals surface area contributed by atoms with Crippen molar-refractivity contribution in [2.75, 3.05) is 5.73 Å². The number of hydrogen-bond donors (Lipinski definition) is 1. The summed E-state index contributed by atoms with van der Waals surface area (Å²) in [5.74, 6) is 0. The maximum atomic E-state index is 5.62. The van der Waals surface area contributed by atoms with E-state index in [1.54, 1.807) is 0 Å². The van der Waals surface area contributed by atoms with Gasteiger partial charge in [-0.1, -0.05) is 29.8 Å². The number of rotatable bonds is 1. The fourth-order valence-electron chi connectivity index (χ4n) is 1.25. The van der Waals surface area contributed by atoms with Crippen LogP contribution >= 0.6 is 0 Å². The number of aryl methyl sites for hydroxylation is 1. The highest BCUT2D eigenvalue weighted by molar-refractivity contribution is 5.62. The number of nitrogens with zero attached hydrogens (tertiary/aromatic N) is 2. The van der Waals surface area contributed by atoms with Gasteiger partial charge in [0.1, 0.15) is 0 Å². The molecule has 0 aliphatic rings. The van der Waals surface area contributed by atoms with Gasteiger partial charge in [0.25, 0.3) is 0 Å². The standard InChI is InChI=1S/C11H11N3/c1-8-2-4-9(5-3-8)11-6-10(12)7-13-14-11/h2-7H,1H3,(H2,12,14). The number of nitrogens with two attached hydrogens (primary N) is 1. The minimum Gasteiger partial charge on any atom is -0.397 e. The van der Waals surface area contributed by atoms with E-state index in [9.17, 15) is 0 Å². The van der Waals surface area contributed by atoms with Crippen LogP contribution in [0.1, 0.15) is 5.56 Å². The van der Waals surface area contributed by atoms with E-state index in [2.05, 4.69) is 17.1 Å². The van der Waals surface area contributed by atoms with Gasteiger partial charge < -0.3 is 5.73 Å². The lowest BCUT2D eigenvalue weighted by Gasteiger charge is -2.00. The monoisotopic (exact) mass is 185 g/mol. The van der Waals surface area contributed by atoms with E-state index >= 15 is 0 Å². The number of aromatic nitrogens is 2. The second-order valence-corrected chi connectivity index (χ2v) is 3.24. The summed E-state index contributed by atoms with van der Waals surface area (Å²) in [4.78, 5) is 0. The molecular weight excluding hydrogens is 174 g/mol. The Labute approximate surface area is 82.6 Å². The van der Waals surface area contributed by atoms with Crippen LogP contribution < -0.4 is 5.73 Å². The van der Waals surface area contributed by atoms with Gasteiger partial charge in [-0.15, -0.1) is 0 Å². The summed E-state index contributed by atoms with van der Waals surface area (Å²) in [5.41, 5.74) is 9.33. The van der Waals surface area contributed by atoms with Crippen molar-refractivity contribution in [1.29, 1.82) is 0 Å². The van der Waals surface area contributed by atoms with E-state index in [4.69, 9.17) is 5.73 Å². The maximum Gasteiger partial charge on any atom is 0.0950 e. The average molecular weight is 185 g/mol. The molecule has 0 aliphatic carbocycles. The third-order valence-electron chi connectivity index (χ3n) is 2.02. The SMILES string of the molecule is Cc1ccc(-c2cc(N)cnn2)cc1. The molecule has 0 unspecified atom stereocenters. The van der Waals surface area contributed by atoms with Crippen molar-refractivity contribution in [1.82, 2.24) is 10.2 Å². The Morgan fingerprint density at radius 1 is 1.14 bits per heavy atom. The summed E-state index contributed by atoms with van der Waals surface area (Å²) < 4.78 is 0. The van der Waals surface area contributed by atoms with Crippen molar-refractivity contribution in [3.8, 4) is 11.3 Å². The Kier molecular flexibility index (Phi) is 2.14. The summed E-state index contributed by atoms with van der Waals surface area (Å²) in [6.07, 6.45) is 1.54. The van der Waals surface area contributed by atoms with E-state index in [1.165, 1.54) is 11.8 Å². The van der Waals surface area contributed by atoms with Crippen LogP contribution in [-0.4, -0.2) is 10.2 Å². The molecule has 14 heavy (non-hydrogen) atoms. The molecule has 2 N–H and O–H groups in total. The van der Waals surface area contributed by atoms with Crippen LogP contribution in [0.4, 0.5) is 5.69 Å². The Balaban J connectivity index is 2.44. The minimum atomic E-state index is 0.635. The Morgan fingerprint density at radius 2 is 1.86 bits per heavy atom. The van der Waals surface area contributed by atoms with Crippen molar-refractivity contribution < 1.29 is 0 Å². The van der Waals surface area contributed by atoms with E-state index < -0.39 is 0 Å². The summed E-state index contributed by atoms with van der Waals surface area (Å²) in [5, 5.41) is 7.82. The van der Waals surface area contributed by atoms with Gasteiger partial charge in [0.2, 0.25) is 0 Å². The number of anilines is 1. The predicted molar refractivity (Wildman–Crippen MR) is 56.6 cm³/mol. The second kappa shape index (κ2) is 3.46. The number of benzene rings is 1. The second-order valence-electron chi connectivity index (χ2n) is 3.24. The molecule has 0 saturated heterocycles. The van der Waals surface area contributed by atoms with Crippen molar-refractivity contribution in [2.24, 2.45) is 0 Å². The topological polar surface area (TPSA) is 51.8 Å². The van der Waals surface area contributed by atoms with Crippen LogP contribution in [-0.2, 0) is 0 Å². The zero-order valence-corrected chi connectivity index (χ0v) is 7.94. The molecule has 3 heteroatoms. The van der Waals surface area contributed by atoms with Gasteiger partial charge in [-0.05, 0) is 13.0 Å². The van der Waals surface area contributed by atoms with Gasteiger partial charge in [0.15, 0.2) is 0 Å². The molecule has 0 atom stereocenters. The summed E-state index contributed by atoms with van der Waals surface area (Å²) in [6.45, 7) is 2.05. The summed E-state index contributed by atoms with van der Waals surface area (Å²) >= 11 is 0. The fraction of sp³-hybridized carbons (Fsp3) is 0.0909. The van der Waals surface area contributed by atoms with E-state index in [1.807, 2.05) is 30.3 Å². The highest BCUT2D eigenvalue weighted by Gasteiger charge is 1.99. The molecule has 0 aliphatic heterocycles. The molecule has 0 radical (unpaired) electrons. The first kappa shape index (κ1) is 8.69. The molecule has 0 spiro atoms. The molecule has 3 nitrogen and oxygen atoms in total. The van der Waals surface area contributed by atoms with Crippen LogP contribution in [0.25, 0.3) is 11.3 Å². The van der Waals surface area contributed by atoms with Gasteiger partial charge in [0.05, 0.1) is 17.6 Å². The number of nitrogen functional groups attached to an aromatic ring is 1. The minimum absolute atomic E-state index is 0.635. The highest BCUT2D eigenvalue weighted by Crippen LogP contribution is 2.17. The van der Waals surface area contributed by atoms with Gasteiger partial charge in [0, 0.05) is 5.56 Å². The first-order chi connectivity index (χ1) is 6.75. The van der Waals surface area contributed by atoms with Crippen LogP contribution in [0.3, 0.4) is 0 Å². The molecule has 70 valence electrons. The van der Waals surface area contributed by atoms with Crippen LogP contribution in [0.5, 0.6) is 0 Å². The van der Waals surface area contributed by atoms with E-state index in [0.29, 0.717) is 5.69 Å². The molecule has 0 amide bonds. The van der Waals surface area contributed by atoms with Gasteiger partial charge in [-0.3, -0.25) is 0 Å². The smallest absolute Gasteiger partial charge is 0.0950 e. The van der Waals surface area contributed by atoms with Gasteiger partial charge in [-0.2, -0.15) is 10.2 Å². The first-order valence-electron chi connectivity index (χ1n) is 4.41. The highest BCUT2D eigenvalue weighted by atomic mass is 15.1. The molecule has 1 heterocycles. The summed E-state index contributed by atoms with van der Waals surface area (Å²) in [6, 6.07) is 9.93. The molecule has 2 aromatic rings. The van der Waals surface area contributed by atoms with Crippen molar-refractivity contribution in [2.45, 2.75) is 6.92 Å². The Hall–Kier alpha value is -1.90. The molecule has 0 saturated carbocycles.